The molecule has 3 heteroatoms. The third-order valence-corrected chi connectivity index (χ3v) is 2.29. The van der Waals surface area contributed by atoms with Gasteiger partial charge in [0.2, 0.25) is 0 Å². The first-order chi connectivity index (χ1) is 6.23. The highest BCUT2D eigenvalue weighted by Crippen LogP contribution is 2.26. The Hall–Kier alpha value is -1.22. The second kappa shape index (κ2) is 2.92. The minimum Gasteiger partial charge on any atom is -0.327 e. The Morgan fingerprint density at radius 3 is 3.23 bits per heavy atom. The van der Waals surface area contributed by atoms with Crippen molar-refractivity contribution >= 4 is 6.08 Å². The number of fused-ring (bicyclic) bond motifs is 1. The molecule has 0 aromatic carbocycles. The molecule has 0 radical (unpaired) electrons. The van der Waals surface area contributed by atoms with E-state index in [-0.39, 0.29) is 6.54 Å². The molecule has 68 valence electrons. The van der Waals surface area contributed by atoms with Crippen LogP contribution in [0, 0.1) is 0 Å². The maximum Gasteiger partial charge on any atom is 0.145 e. The van der Waals surface area contributed by atoms with Crippen LogP contribution in [0.4, 0.5) is 4.39 Å². The third kappa shape index (κ3) is 1.47. The van der Waals surface area contributed by atoms with Gasteiger partial charge in [0.25, 0.3) is 0 Å². The molecule has 0 spiro atoms. The van der Waals surface area contributed by atoms with Gasteiger partial charge in [-0.1, -0.05) is 6.07 Å². The highest BCUT2D eigenvalue weighted by molar-refractivity contribution is 5.54. The van der Waals surface area contributed by atoms with Crippen molar-refractivity contribution < 1.29 is 4.39 Å². The van der Waals surface area contributed by atoms with Gasteiger partial charge in [-0.25, -0.2) is 4.39 Å². The van der Waals surface area contributed by atoms with Crippen molar-refractivity contribution in [3.8, 4) is 0 Å². The summed E-state index contributed by atoms with van der Waals surface area (Å²) in [5.74, 6) is 0. The lowest BCUT2D eigenvalue weighted by Gasteiger charge is -2.23. The zero-order valence-electron chi connectivity index (χ0n) is 7.20. The van der Waals surface area contributed by atoms with Crippen molar-refractivity contribution in [1.29, 1.82) is 0 Å². The first kappa shape index (κ1) is 8.38. The largest absolute Gasteiger partial charge is 0.327 e. The Morgan fingerprint density at radius 2 is 2.46 bits per heavy atom. The smallest absolute Gasteiger partial charge is 0.145 e. The topological polar surface area (TPSA) is 38.9 Å². The number of rotatable bonds is 1. The molecule has 1 unspecified atom stereocenters. The normalized spacial score (nSPS) is 25.7. The number of pyridine rings is 1. The summed E-state index contributed by atoms with van der Waals surface area (Å²) in [6.07, 6.45) is 5.24. The van der Waals surface area contributed by atoms with Crippen molar-refractivity contribution in [2.75, 3.05) is 6.54 Å². The van der Waals surface area contributed by atoms with E-state index in [1.807, 2.05) is 12.1 Å². The van der Waals surface area contributed by atoms with Gasteiger partial charge < -0.3 is 5.73 Å². The molecule has 13 heavy (non-hydrogen) atoms. The summed E-state index contributed by atoms with van der Waals surface area (Å²) in [7, 11) is 0. The Morgan fingerprint density at radius 1 is 1.62 bits per heavy atom. The molecule has 0 amide bonds. The molecule has 0 bridgehead atoms. The standard InChI is InChI=1S/C10H11FN2/c11-10(7-12)4-3-9-8(6-10)2-1-5-13-9/h1-5H,6-7,12H2. The van der Waals surface area contributed by atoms with Gasteiger partial charge in [-0.2, -0.15) is 0 Å². The van der Waals surface area contributed by atoms with Gasteiger partial charge in [0.15, 0.2) is 0 Å². The van der Waals surface area contributed by atoms with E-state index in [1.54, 1.807) is 12.3 Å². The second-order valence-electron chi connectivity index (χ2n) is 3.30. The van der Waals surface area contributed by atoms with Crippen molar-refractivity contribution in [1.82, 2.24) is 4.98 Å². The molecule has 1 aliphatic carbocycles. The van der Waals surface area contributed by atoms with Gasteiger partial charge >= 0.3 is 0 Å². The lowest BCUT2D eigenvalue weighted by atomic mass is 9.90. The molecule has 1 aromatic heterocycles. The van der Waals surface area contributed by atoms with E-state index in [4.69, 9.17) is 5.73 Å². The number of nitrogens with two attached hydrogens (primary N) is 1. The van der Waals surface area contributed by atoms with Gasteiger partial charge in [-0.05, 0) is 23.8 Å². The first-order valence-corrected chi connectivity index (χ1v) is 4.26. The molecule has 2 rings (SSSR count). The van der Waals surface area contributed by atoms with E-state index >= 15 is 0 Å². The van der Waals surface area contributed by atoms with Crippen LogP contribution in [0.5, 0.6) is 0 Å². The predicted molar refractivity (Wildman–Crippen MR) is 49.9 cm³/mol. The molecule has 1 atom stereocenters. The predicted octanol–water partition coefficient (Wildman–Crippen LogP) is 1.32. The van der Waals surface area contributed by atoms with Crippen molar-refractivity contribution in [3.63, 3.8) is 0 Å². The minimum absolute atomic E-state index is 0.0256. The van der Waals surface area contributed by atoms with Crippen molar-refractivity contribution in [2.45, 2.75) is 12.1 Å². The number of hydrogen-bond acceptors (Lipinski definition) is 2. The third-order valence-electron chi connectivity index (χ3n) is 2.29. The van der Waals surface area contributed by atoms with Crippen LogP contribution < -0.4 is 5.73 Å². The summed E-state index contributed by atoms with van der Waals surface area (Å²) in [5.41, 5.74) is 5.75. The zero-order chi connectivity index (χ0) is 9.31. The number of nitrogens with zero attached hydrogens (tertiary/aromatic N) is 1. The Balaban J connectivity index is 2.39. The number of aromatic nitrogens is 1. The van der Waals surface area contributed by atoms with E-state index in [0.29, 0.717) is 6.42 Å². The zero-order valence-corrected chi connectivity index (χ0v) is 7.20. The lowest BCUT2D eigenvalue weighted by molar-refractivity contribution is 0.237. The number of hydrogen-bond donors (Lipinski definition) is 1. The van der Waals surface area contributed by atoms with Crippen molar-refractivity contribution in [3.05, 3.63) is 35.7 Å². The molecule has 2 N–H and O–H groups in total. The molecular formula is C10H11FN2. The van der Waals surface area contributed by atoms with Gasteiger partial charge in [0.05, 0.1) is 5.69 Å². The van der Waals surface area contributed by atoms with Crippen LogP contribution in [0.15, 0.2) is 24.4 Å². The molecule has 1 heterocycles. The van der Waals surface area contributed by atoms with Gasteiger partial charge in [0.1, 0.15) is 5.67 Å². The van der Waals surface area contributed by atoms with E-state index in [9.17, 15) is 4.39 Å². The second-order valence-corrected chi connectivity index (χ2v) is 3.30. The van der Waals surface area contributed by atoms with Crippen LogP contribution in [0.25, 0.3) is 6.08 Å². The Labute approximate surface area is 76.3 Å². The lowest BCUT2D eigenvalue weighted by Crippen LogP contribution is -2.35. The fraction of sp³-hybridized carbons (Fsp3) is 0.300. The van der Waals surface area contributed by atoms with Gasteiger partial charge in [0, 0.05) is 19.2 Å². The number of alkyl halides is 1. The molecule has 1 aromatic rings. The Bertz CT molecular complexity index is 349. The summed E-state index contributed by atoms with van der Waals surface area (Å²) in [6.45, 7) is 0.0256. The van der Waals surface area contributed by atoms with Gasteiger partial charge in [-0.3, -0.25) is 4.98 Å². The summed E-state index contributed by atoms with van der Waals surface area (Å²) in [6, 6.07) is 3.70. The van der Waals surface area contributed by atoms with E-state index < -0.39 is 5.67 Å². The minimum atomic E-state index is -1.38. The maximum atomic E-state index is 13.7. The quantitative estimate of drug-likeness (QED) is 0.704. The molecule has 0 fully saturated rings. The van der Waals surface area contributed by atoms with Crippen LogP contribution in [-0.4, -0.2) is 17.2 Å². The highest BCUT2D eigenvalue weighted by atomic mass is 19.1. The fourth-order valence-corrected chi connectivity index (χ4v) is 1.49. The summed E-state index contributed by atoms with van der Waals surface area (Å²) >= 11 is 0. The van der Waals surface area contributed by atoms with Crippen molar-refractivity contribution in [2.24, 2.45) is 5.73 Å². The summed E-state index contributed by atoms with van der Waals surface area (Å²) < 4.78 is 13.7. The molecule has 0 saturated carbocycles. The fourth-order valence-electron chi connectivity index (χ4n) is 1.49. The molecular weight excluding hydrogens is 167 g/mol. The van der Waals surface area contributed by atoms with Crippen LogP contribution in [0.2, 0.25) is 0 Å². The van der Waals surface area contributed by atoms with Crippen LogP contribution in [0.3, 0.4) is 0 Å². The molecule has 1 aliphatic rings. The molecule has 2 nitrogen and oxygen atoms in total. The van der Waals surface area contributed by atoms with E-state index in [2.05, 4.69) is 4.98 Å². The molecule has 0 aliphatic heterocycles. The van der Waals surface area contributed by atoms with Crippen LogP contribution >= 0.6 is 0 Å². The summed E-state index contributed by atoms with van der Waals surface area (Å²) in [5, 5.41) is 0. The monoisotopic (exact) mass is 178 g/mol. The SMILES string of the molecule is NCC1(F)C=Cc2ncccc2C1. The average molecular weight is 178 g/mol. The number of halogens is 1. The van der Waals surface area contributed by atoms with Gasteiger partial charge in [-0.15, -0.1) is 0 Å². The first-order valence-electron chi connectivity index (χ1n) is 4.26. The maximum absolute atomic E-state index is 13.7. The Kier molecular flexibility index (Phi) is 1.88. The van der Waals surface area contributed by atoms with E-state index in [1.165, 1.54) is 6.08 Å². The summed E-state index contributed by atoms with van der Waals surface area (Å²) in [4.78, 5) is 4.12. The molecule has 0 saturated heterocycles. The van der Waals surface area contributed by atoms with E-state index in [0.717, 1.165) is 11.3 Å². The average Bonchev–Trinajstić information content (AvgIpc) is 2.18. The highest BCUT2D eigenvalue weighted by Gasteiger charge is 2.28. The van der Waals surface area contributed by atoms with Crippen LogP contribution in [-0.2, 0) is 6.42 Å². The van der Waals surface area contributed by atoms with Crippen LogP contribution in [0.1, 0.15) is 11.3 Å².